The molecule has 1 amide bonds. The van der Waals surface area contributed by atoms with Crippen LogP contribution in [0.1, 0.15) is 15.9 Å². The van der Waals surface area contributed by atoms with Gasteiger partial charge in [0.25, 0.3) is 11.6 Å². The van der Waals surface area contributed by atoms with Crippen LogP contribution in [0.2, 0.25) is 0 Å². The third-order valence-electron chi connectivity index (χ3n) is 3.10. The van der Waals surface area contributed by atoms with Crippen LogP contribution in [0.4, 0.5) is 5.69 Å². The Balaban J connectivity index is 2.05. The molecule has 8 nitrogen and oxygen atoms in total. The number of carbonyl (C=O) groups is 1. The van der Waals surface area contributed by atoms with E-state index < -0.39 is 10.8 Å². The lowest BCUT2D eigenvalue weighted by Gasteiger charge is -2.07. The van der Waals surface area contributed by atoms with Crippen LogP contribution in [0.25, 0.3) is 0 Å². The summed E-state index contributed by atoms with van der Waals surface area (Å²) >= 11 is 0. The Labute approximate surface area is 137 Å². The van der Waals surface area contributed by atoms with Gasteiger partial charge in [-0.2, -0.15) is 5.10 Å². The van der Waals surface area contributed by atoms with Crippen molar-refractivity contribution in [1.82, 2.24) is 5.43 Å². The number of non-ortho nitro benzene ring substituents is 1. The SMILES string of the molecule is COc1cc(OC)cc(C(=O)N/N=C\c2ccc([N+](=O)[O-])cc2)c1. The van der Waals surface area contributed by atoms with Crippen LogP contribution in [0, 0.1) is 10.1 Å². The number of ether oxygens (including phenoxy) is 2. The van der Waals surface area contributed by atoms with Crippen LogP contribution < -0.4 is 14.9 Å². The Morgan fingerprint density at radius 1 is 1.12 bits per heavy atom. The van der Waals surface area contributed by atoms with Gasteiger partial charge < -0.3 is 9.47 Å². The molecule has 24 heavy (non-hydrogen) atoms. The van der Waals surface area contributed by atoms with E-state index in [0.29, 0.717) is 22.6 Å². The van der Waals surface area contributed by atoms with Gasteiger partial charge in [0, 0.05) is 23.8 Å². The molecule has 0 atom stereocenters. The topological polar surface area (TPSA) is 103 Å². The molecule has 0 saturated heterocycles. The van der Waals surface area contributed by atoms with Crippen molar-refractivity contribution in [2.45, 2.75) is 0 Å². The molecule has 0 fully saturated rings. The zero-order chi connectivity index (χ0) is 17.5. The molecule has 2 aromatic carbocycles. The van der Waals surface area contributed by atoms with Crippen molar-refractivity contribution in [2.24, 2.45) is 5.10 Å². The van der Waals surface area contributed by atoms with Gasteiger partial charge in [-0.05, 0) is 29.8 Å². The number of amides is 1. The van der Waals surface area contributed by atoms with E-state index in [0.717, 1.165) is 0 Å². The van der Waals surface area contributed by atoms with Crippen molar-refractivity contribution < 1.29 is 19.2 Å². The van der Waals surface area contributed by atoms with Gasteiger partial charge in [0.05, 0.1) is 25.4 Å². The molecule has 8 heteroatoms. The molecule has 0 radical (unpaired) electrons. The van der Waals surface area contributed by atoms with E-state index in [1.54, 1.807) is 18.2 Å². The number of nitrogens with zero attached hydrogens (tertiary/aromatic N) is 2. The average Bonchev–Trinajstić information content (AvgIpc) is 2.61. The van der Waals surface area contributed by atoms with Crippen LogP contribution in [-0.2, 0) is 0 Å². The minimum absolute atomic E-state index is 0.0142. The minimum atomic E-state index is -0.487. The van der Waals surface area contributed by atoms with E-state index in [2.05, 4.69) is 10.5 Å². The zero-order valence-corrected chi connectivity index (χ0v) is 13.1. The van der Waals surface area contributed by atoms with Gasteiger partial charge in [-0.15, -0.1) is 0 Å². The van der Waals surface area contributed by atoms with Crippen LogP contribution in [0.15, 0.2) is 47.6 Å². The fourth-order valence-corrected chi connectivity index (χ4v) is 1.85. The molecule has 0 saturated carbocycles. The van der Waals surface area contributed by atoms with Gasteiger partial charge >= 0.3 is 0 Å². The largest absolute Gasteiger partial charge is 0.497 e. The lowest BCUT2D eigenvalue weighted by atomic mass is 10.2. The van der Waals surface area contributed by atoms with Crippen molar-refractivity contribution in [2.75, 3.05) is 14.2 Å². The molecule has 124 valence electrons. The molecule has 0 aliphatic rings. The van der Waals surface area contributed by atoms with E-state index in [4.69, 9.17) is 9.47 Å². The number of hydrogen-bond donors (Lipinski definition) is 1. The lowest BCUT2D eigenvalue weighted by molar-refractivity contribution is -0.384. The number of carbonyl (C=O) groups excluding carboxylic acids is 1. The van der Waals surface area contributed by atoms with Gasteiger partial charge in [-0.3, -0.25) is 14.9 Å². The summed E-state index contributed by atoms with van der Waals surface area (Å²) in [6.45, 7) is 0. The summed E-state index contributed by atoms with van der Waals surface area (Å²) in [6, 6.07) is 10.5. The summed E-state index contributed by atoms with van der Waals surface area (Å²) < 4.78 is 10.2. The van der Waals surface area contributed by atoms with Crippen molar-refractivity contribution in [3.05, 3.63) is 63.7 Å². The summed E-state index contributed by atoms with van der Waals surface area (Å²) in [6.07, 6.45) is 1.39. The Morgan fingerprint density at radius 3 is 2.21 bits per heavy atom. The average molecular weight is 329 g/mol. The quantitative estimate of drug-likeness (QED) is 0.498. The van der Waals surface area contributed by atoms with Crippen molar-refractivity contribution in [3.8, 4) is 11.5 Å². The van der Waals surface area contributed by atoms with Crippen LogP contribution >= 0.6 is 0 Å². The first-order chi connectivity index (χ1) is 11.5. The van der Waals surface area contributed by atoms with Crippen LogP contribution in [-0.4, -0.2) is 31.3 Å². The monoisotopic (exact) mass is 329 g/mol. The lowest BCUT2D eigenvalue weighted by Crippen LogP contribution is -2.17. The molecule has 0 aromatic heterocycles. The standard InChI is InChI=1S/C16H15N3O5/c1-23-14-7-12(8-15(9-14)24-2)16(20)18-17-10-11-3-5-13(6-4-11)19(21)22/h3-10H,1-2H3,(H,18,20)/b17-10-. The highest BCUT2D eigenvalue weighted by Gasteiger charge is 2.09. The van der Waals surface area contributed by atoms with Crippen LogP contribution in [0.5, 0.6) is 11.5 Å². The summed E-state index contributed by atoms with van der Waals surface area (Å²) in [5.74, 6) is 0.531. The number of rotatable bonds is 6. The predicted molar refractivity (Wildman–Crippen MR) is 87.7 cm³/mol. The molecule has 2 aromatic rings. The number of hydrazone groups is 1. The highest BCUT2D eigenvalue weighted by Crippen LogP contribution is 2.22. The first kappa shape index (κ1) is 16.9. The van der Waals surface area contributed by atoms with E-state index in [1.807, 2.05) is 0 Å². The Kier molecular flexibility index (Phi) is 5.45. The van der Waals surface area contributed by atoms with Crippen LogP contribution in [0.3, 0.4) is 0 Å². The van der Waals surface area contributed by atoms with Gasteiger partial charge in [0.2, 0.25) is 0 Å². The fourth-order valence-electron chi connectivity index (χ4n) is 1.85. The summed E-state index contributed by atoms with van der Waals surface area (Å²) in [4.78, 5) is 22.2. The summed E-state index contributed by atoms with van der Waals surface area (Å²) in [5.41, 5.74) is 3.30. The number of nitro benzene ring substituents is 1. The highest BCUT2D eigenvalue weighted by molar-refractivity contribution is 5.95. The second kappa shape index (κ2) is 7.73. The first-order valence-corrected chi connectivity index (χ1v) is 6.84. The number of methoxy groups -OCH3 is 2. The van der Waals surface area contributed by atoms with E-state index in [1.165, 1.54) is 44.7 Å². The van der Waals surface area contributed by atoms with Crippen molar-refractivity contribution in [1.29, 1.82) is 0 Å². The molecule has 0 aliphatic carbocycles. The summed E-state index contributed by atoms with van der Waals surface area (Å²) in [5, 5.41) is 14.4. The maximum atomic E-state index is 12.1. The molecule has 1 N–H and O–H groups in total. The Morgan fingerprint density at radius 2 is 1.71 bits per heavy atom. The zero-order valence-electron chi connectivity index (χ0n) is 13.1. The van der Waals surface area contributed by atoms with Gasteiger partial charge in [-0.25, -0.2) is 5.43 Å². The van der Waals surface area contributed by atoms with E-state index in [9.17, 15) is 14.9 Å². The molecular weight excluding hydrogens is 314 g/mol. The molecule has 2 rings (SSSR count). The van der Waals surface area contributed by atoms with Crippen molar-refractivity contribution >= 4 is 17.8 Å². The molecular formula is C16H15N3O5. The molecule has 0 unspecified atom stereocenters. The molecule has 0 aliphatic heterocycles. The van der Waals surface area contributed by atoms with Crippen molar-refractivity contribution in [3.63, 3.8) is 0 Å². The second-order valence-electron chi connectivity index (χ2n) is 4.65. The number of hydrogen-bond acceptors (Lipinski definition) is 6. The van der Waals surface area contributed by atoms with E-state index >= 15 is 0 Å². The molecule has 0 heterocycles. The normalized spacial score (nSPS) is 10.4. The van der Waals surface area contributed by atoms with Gasteiger partial charge in [0.1, 0.15) is 11.5 Å². The molecule has 0 spiro atoms. The van der Waals surface area contributed by atoms with E-state index in [-0.39, 0.29) is 5.69 Å². The third kappa shape index (κ3) is 4.29. The van der Waals surface area contributed by atoms with Gasteiger partial charge in [-0.1, -0.05) is 0 Å². The smallest absolute Gasteiger partial charge is 0.271 e. The third-order valence-corrected chi connectivity index (χ3v) is 3.10. The maximum absolute atomic E-state index is 12.1. The first-order valence-electron chi connectivity index (χ1n) is 6.84. The Bertz CT molecular complexity index is 750. The number of nitro groups is 1. The molecule has 0 bridgehead atoms. The predicted octanol–water partition coefficient (Wildman–Crippen LogP) is 2.38. The summed E-state index contributed by atoms with van der Waals surface area (Å²) in [7, 11) is 2.98. The number of nitrogens with one attached hydrogen (secondary N) is 1. The minimum Gasteiger partial charge on any atom is -0.497 e. The Hall–Kier alpha value is -3.42. The number of benzene rings is 2. The second-order valence-corrected chi connectivity index (χ2v) is 4.65. The maximum Gasteiger partial charge on any atom is 0.271 e. The fraction of sp³-hybridized carbons (Fsp3) is 0.125. The highest BCUT2D eigenvalue weighted by atomic mass is 16.6. The van der Waals surface area contributed by atoms with Gasteiger partial charge in [0.15, 0.2) is 0 Å².